The van der Waals surface area contributed by atoms with Crippen molar-refractivity contribution in [3.8, 4) is 0 Å². The Labute approximate surface area is 177 Å². The smallest absolute Gasteiger partial charge is 0.238 e. The lowest BCUT2D eigenvalue weighted by Crippen LogP contribution is -2.40. The summed E-state index contributed by atoms with van der Waals surface area (Å²) in [6, 6.07) is 14.7. The second-order valence-corrected chi connectivity index (χ2v) is 9.42. The lowest BCUT2D eigenvalue weighted by molar-refractivity contribution is -0.122. The molecule has 0 heterocycles. The molecule has 8 heteroatoms. The molecule has 2 aromatic rings. The van der Waals surface area contributed by atoms with Crippen molar-refractivity contribution in [3.63, 3.8) is 0 Å². The van der Waals surface area contributed by atoms with Crippen LogP contribution in [0.1, 0.15) is 36.9 Å². The van der Waals surface area contributed by atoms with Gasteiger partial charge in [-0.15, -0.1) is 0 Å². The summed E-state index contributed by atoms with van der Waals surface area (Å²) in [4.78, 5) is 14.8. The zero-order chi connectivity index (χ0) is 21.0. The highest BCUT2D eigenvalue weighted by Crippen LogP contribution is 2.34. The molecule has 2 aromatic carbocycles. The largest absolute Gasteiger partial charge is 0.355 e. The maximum atomic E-state index is 12.5. The van der Waals surface area contributed by atoms with Gasteiger partial charge in [0.2, 0.25) is 15.9 Å². The van der Waals surface area contributed by atoms with E-state index in [9.17, 15) is 13.2 Å². The Morgan fingerprint density at radius 3 is 2.34 bits per heavy atom. The zero-order valence-electron chi connectivity index (χ0n) is 16.3. The summed E-state index contributed by atoms with van der Waals surface area (Å²) in [7, 11) is -3.69. The number of hydrogen-bond donors (Lipinski definition) is 2. The van der Waals surface area contributed by atoms with E-state index >= 15 is 0 Å². The number of benzene rings is 2. The van der Waals surface area contributed by atoms with Crippen molar-refractivity contribution in [2.24, 2.45) is 5.14 Å². The average molecular weight is 436 g/mol. The Kier molecular flexibility index (Phi) is 6.95. The molecule has 3 N–H and O–H groups in total. The standard InChI is InChI=1S/C21H26ClN3O3S/c1-15(17-4-6-18(22)7-5-17)25(19-8-9-19)14-21(26)24-13-12-16-2-10-20(11-3-16)29(23,27)28/h2-7,10-11,15,19H,8-9,12-14H2,1H3,(H,24,26)(H2,23,27,28). The van der Waals surface area contributed by atoms with Gasteiger partial charge in [0.25, 0.3) is 0 Å². The van der Waals surface area contributed by atoms with Gasteiger partial charge in [-0.1, -0.05) is 35.9 Å². The first-order chi connectivity index (χ1) is 13.7. The molecular weight excluding hydrogens is 410 g/mol. The minimum absolute atomic E-state index is 0.0149. The first-order valence-corrected chi connectivity index (χ1v) is 11.6. The van der Waals surface area contributed by atoms with Crippen LogP contribution in [-0.2, 0) is 21.2 Å². The van der Waals surface area contributed by atoms with E-state index in [1.54, 1.807) is 12.1 Å². The molecule has 6 nitrogen and oxygen atoms in total. The SMILES string of the molecule is CC(c1ccc(Cl)cc1)N(CC(=O)NCCc1ccc(S(N)(=O)=O)cc1)C1CC1. The van der Waals surface area contributed by atoms with Crippen molar-refractivity contribution in [2.75, 3.05) is 13.1 Å². The molecule has 0 bridgehead atoms. The van der Waals surface area contributed by atoms with Gasteiger partial charge in [-0.3, -0.25) is 9.69 Å². The van der Waals surface area contributed by atoms with Crippen molar-refractivity contribution in [2.45, 2.75) is 43.2 Å². The number of hydrogen-bond acceptors (Lipinski definition) is 4. The van der Waals surface area contributed by atoms with Crippen LogP contribution in [0.2, 0.25) is 5.02 Å². The number of nitrogens with zero attached hydrogens (tertiary/aromatic N) is 1. The molecule has 156 valence electrons. The minimum atomic E-state index is -3.69. The number of carbonyl (C=O) groups is 1. The molecule has 1 fully saturated rings. The number of carbonyl (C=O) groups excluding carboxylic acids is 1. The number of nitrogens with one attached hydrogen (secondary N) is 1. The molecule has 0 spiro atoms. The number of halogens is 1. The Bertz CT molecular complexity index is 942. The van der Waals surface area contributed by atoms with Crippen LogP contribution >= 0.6 is 11.6 Å². The Balaban J connectivity index is 1.51. The van der Waals surface area contributed by atoms with E-state index < -0.39 is 10.0 Å². The number of rotatable bonds is 9. The third kappa shape index (κ3) is 6.27. The van der Waals surface area contributed by atoms with E-state index in [1.165, 1.54) is 12.1 Å². The highest BCUT2D eigenvalue weighted by atomic mass is 35.5. The molecule has 0 saturated heterocycles. The molecule has 1 aliphatic carbocycles. The quantitative estimate of drug-likeness (QED) is 0.633. The monoisotopic (exact) mass is 435 g/mol. The van der Waals surface area contributed by atoms with Gasteiger partial charge in [-0.25, -0.2) is 13.6 Å². The van der Waals surface area contributed by atoms with E-state index in [-0.39, 0.29) is 16.8 Å². The lowest BCUT2D eigenvalue weighted by atomic mass is 10.1. The summed E-state index contributed by atoms with van der Waals surface area (Å²) in [5, 5.41) is 8.76. The van der Waals surface area contributed by atoms with Gasteiger partial charge in [-0.2, -0.15) is 0 Å². The van der Waals surface area contributed by atoms with Gasteiger partial charge in [0.05, 0.1) is 11.4 Å². The fraction of sp³-hybridized carbons (Fsp3) is 0.381. The fourth-order valence-corrected chi connectivity index (χ4v) is 3.98. The second-order valence-electron chi connectivity index (χ2n) is 7.42. The van der Waals surface area contributed by atoms with E-state index in [0.717, 1.165) is 24.0 Å². The molecule has 1 aliphatic rings. The highest BCUT2D eigenvalue weighted by Gasteiger charge is 2.33. The lowest BCUT2D eigenvalue weighted by Gasteiger charge is -2.29. The summed E-state index contributed by atoms with van der Waals surface area (Å²) < 4.78 is 22.6. The van der Waals surface area contributed by atoms with Crippen molar-refractivity contribution in [1.29, 1.82) is 0 Å². The highest BCUT2D eigenvalue weighted by molar-refractivity contribution is 7.89. The van der Waals surface area contributed by atoms with Gasteiger partial charge < -0.3 is 5.32 Å². The number of sulfonamides is 1. The Morgan fingerprint density at radius 2 is 1.79 bits per heavy atom. The third-order valence-electron chi connectivity index (χ3n) is 5.18. The van der Waals surface area contributed by atoms with Crippen LogP contribution in [-0.4, -0.2) is 38.4 Å². The van der Waals surface area contributed by atoms with E-state index in [1.807, 2.05) is 24.3 Å². The molecule has 0 aliphatic heterocycles. The summed E-state index contributed by atoms with van der Waals surface area (Å²) in [6.07, 6.45) is 2.84. The van der Waals surface area contributed by atoms with Crippen LogP contribution in [0, 0.1) is 0 Å². The normalized spacial score (nSPS) is 15.3. The number of amides is 1. The predicted octanol–water partition coefficient (Wildman–Crippen LogP) is 2.87. The fourth-order valence-electron chi connectivity index (χ4n) is 3.33. The molecule has 1 saturated carbocycles. The zero-order valence-corrected chi connectivity index (χ0v) is 17.9. The van der Waals surface area contributed by atoms with Gasteiger partial charge in [0.15, 0.2) is 0 Å². The van der Waals surface area contributed by atoms with E-state index in [0.29, 0.717) is 30.6 Å². The summed E-state index contributed by atoms with van der Waals surface area (Å²) >= 11 is 5.98. The summed E-state index contributed by atoms with van der Waals surface area (Å²) in [5.74, 6) is -0.0149. The summed E-state index contributed by atoms with van der Waals surface area (Å²) in [5.41, 5.74) is 2.08. The molecule has 1 atom stereocenters. The van der Waals surface area contributed by atoms with E-state index in [4.69, 9.17) is 16.7 Å². The van der Waals surface area contributed by atoms with Crippen LogP contribution in [0.5, 0.6) is 0 Å². The number of nitrogens with two attached hydrogens (primary N) is 1. The topological polar surface area (TPSA) is 92.5 Å². The van der Waals surface area contributed by atoms with Crippen LogP contribution < -0.4 is 10.5 Å². The summed E-state index contributed by atoms with van der Waals surface area (Å²) in [6.45, 7) is 2.95. The Hall–Kier alpha value is -1.93. The van der Waals surface area contributed by atoms with Gasteiger partial charge >= 0.3 is 0 Å². The van der Waals surface area contributed by atoms with Gasteiger partial charge in [0.1, 0.15) is 0 Å². The maximum Gasteiger partial charge on any atom is 0.238 e. The van der Waals surface area contributed by atoms with Gasteiger partial charge in [0, 0.05) is 23.7 Å². The van der Waals surface area contributed by atoms with E-state index in [2.05, 4.69) is 17.1 Å². The molecule has 1 unspecified atom stereocenters. The molecule has 1 amide bonds. The predicted molar refractivity (Wildman–Crippen MR) is 114 cm³/mol. The first-order valence-electron chi connectivity index (χ1n) is 9.63. The maximum absolute atomic E-state index is 12.5. The Morgan fingerprint density at radius 1 is 1.17 bits per heavy atom. The molecule has 29 heavy (non-hydrogen) atoms. The van der Waals surface area contributed by atoms with Crippen molar-refractivity contribution < 1.29 is 13.2 Å². The first kappa shape index (κ1) is 21.8. The van der Waals surface area contributed by atoms with Crippen LogP contribution in [0.15, 0.2) is 53.4 Å². The van der Waals surface area contributed by atoms with Crippen molar-refractivity contribution >= 4 is 27.5 Å². The second kappa shape index (κ2) is 9.26. The third-order valence-corrected chi connectivity index (χ3v) is 6.36. The molecular formula is C21H26ClN3O3S. The van der Waals surface area contributed by atoms with Crippen LogP contribution in [0.25, 0.3) is 0 Å². The van der Waals surface area contributed by atoms with Crippen LogP contribution in [0.4, 0.5) is 0 Å². The molecule has 0 aromatic heterocycles. The van der Waals surface area contributed by atoms with Crippen molar-refractivity contribution in [1.82, 2.24) is 10.2 Å². The number of primary sulfonamides is 1. The minimum Gasteiger partial charge on any atom is -0.355 e. The van der Waals surface area contributed by atoms with Crippen molar-refractivity contribution in [3.05, 3.63) is 64.7 Å². The molecule has 0 radical (unpaired) electrons. The molecule has 3 rings (SSSR count). The van der Waals surface area contributed by atoms with Gasteiger partial charge in [-0.05, 0) is 61.6 Å². The average Bonchev–Trinajstić information content (AvgIpc) is 3.51. The van der Waals surface area contributed by atoms with Crippen LogP contribution in [0.3, 0.4) is 0 Å².